The van der Waals surface area contributed by atoms with Crippen LogP contribution in [0.5, 0.6) is 0 Å². The van der Waals surface area contributed by atoms with E-state index >= 15 is 0 Å². The van der Waals surface area contributed by atoms with Gasteiger partial charge in [0, 0.05) is 5.56 Å². The molecule has 0 unspecified atom stereocenters. The van der Waals surface area contributed by atoms with Crippen molar-refractivity contribution in [1.29, 1.82) is 0 Å². The maximum Gasteiger partial charge on any atom is 0.145 e. The van der Waals surface area contributed by atoms with E-state index in [1.807, 2.05) is 0 Å². The van der Waals surface area contributed by atoms with Crippen molar-refractivity contribution in [3.63, 3.8) is 0 Å². The van der Waals surface area contributed by atoms with Gasteiger partial charge in [-0.25, -0.2) is 4.98 Å². The summed E-state index contributed by atoms with van der Waals surface area (Å²) in [5.41, 5.74) is 7.00. The quantitative estimate of drug-likeness (QED) is 0.358. The molecule has 0 atom stereocenters. The fraction of sp³-hybridized carbons (Fsp3) is 0.0800. The van der Waals surface area contributed by atoms with E-state index in [4.69, 9.17) is 4.98 Å². The minimum atomic E-state index is 0.986. The van der Waals surface area contributed by atoms with Gasteiger partial charge in [0.25, 0.3) is 0 Å². The summed E-state index contributed by atoms with van der Waals surface area (Å²) in [6.45, 7) is 4.34. The van der Waals surface area contributed by atoms with E-state index < -0.39 is 0 Å². The number of aromatic nitrogens is 2. The molecule has 0 amide bonds. The lowest BCUT2D eigenvalue weighted by atomic mass is 10.1. The van der Waals surface area contributed by atoms with Crippen LogP contribution in [0.2, 0.25) is 0 Å². The SMILES string of the molecule is Cc1cccc(C)c1-n1c(-c2ccc3ccccc3c2)nc2ccccc21. The molecule has 130 valence electrons. The summed E-state index contributed by atoms with van der Waals surface area (Å²) in [6, 6.07) is 29.9. The third kappa shape index (κ3) is 2.53. The van der Waals surface area contributed by atoms with Crippen molar-refractivity contribution in [2.24, 2.45) is 0 Å². The zero-order valence-electron chi connectivity index (χ0n) is 15.5. The lowest BCUT2D eigenvalue weighted by Crippen LogP contribution is -2.02. The first kappa shape index (κ1) is 15.8. The first-order valence-electron chi connectivity index (χ1n) is 9.25. The number of rotatable bonds is 2. The molecule has 0 spiro atoms. The average molecular weight is 348 g/mol. The number of aryl methyl sites for hydroxylation is 2. The highest BCUT2D eigenvalue weighted by Gasteiger charge is 2.17. The fourth-order valence-corrected chi connectivity index (χ4v) is 3.93. The Balaban J connectivity index is 1.87. The second-order valence-electron chi connectivity index (χ2n) is 7.06. The molecule has 0 saturated heterocycles. The Morgan fingerprint density at radius 2 is 1.37 bits per heavy atom. The average Bonchev–Trinajstić information content (AvgIpc) is 3.07. The molecule has 0 aliphatic carbocycles. The van der Waals surface area contributed by atoms with Crippen molar-refractivity contribution < 1.29 is 0 Å². The molecule has 4 aromatic carbocycles. The normalized spacial score (nSPS) is 11.3. The van der Waals surface area contributed by atoms with Crippen LogP contribution in [-0.2, 0) is 0 Å². The van der Waals surface area contributed by atoms with Gasteiger partial charge in [0.2, 0.25) is 0 Å². The second-order valence-corrected chi connectivity index (χ2v) is 7.06. The van der Waals surface area contributed by atoms with Crippen molar-refractivity contribution in [2.75, 3.05) is 0 Å². The van der Waals surface area contributed by atoms with Crippen molar-refractivity contribution in [2.45, 2.75) is 13.8 Å². The van der Waals surface area contributed by atoms with Gasteiger partial charge in [-0.1, -0.05) is 66.7 Å². The molecular formula is C25H20N2. The van der Waals surface area contributed by atoms with Crippen LogP contribution in [0.4, 0.5) is 0 Å². The number of para-hydroxylation sites is 3. The van der Waals surface area contributed by atoms with Gasteiger partial charge in [-0.2, -0.15) is 0 Å². The highest BCUT2D eigenvalue weighted by atomic mass is 15.1. The lowest BCUT2D eigenvalue weighted by Gasteiger charge is -2.15. The standard InChI is InChI=1S/C25H20N2/c1-17-8-7-9-18(2)24(17)27-23-13-6-5-12-22(23)26-25(27)21-15-14-19-10-3-4-11-20(19)16-21/h3-16H,1-2H3. The summed E-state index contributed by atoms with van der Waals surface area (Å²) < 4.78 is 2.31. The molecule has 0 saturated carbocycles. The molecular weight excluding hydrogens is 328 g/mol. The predicted octanol–water partition coefficient (Wildman–Crippen LogP) is 6.46. The molecule has 0 fully saturated rings. The highest BCUT2D eigenvalue weighted by Crippen LogP contribution is 2.32. The smallest absolute Gasteiger partial charge is 0.145 e. The van der Waals surface area contributed by atoms with Gasteiger partial charge in [-0.3, -0.25) is 4.57 Å². The molecule has 0 radical (unpaired) electrons. The number of fused-ring (bicyclic) bond motifs is 2. The van der Waals surface area contributed by atoms with Crippen molar-refractivity contribution in [1.82, 2.24) is 9.55 Å². The van der Waals surface area contributed by atoms with E-state index in [2.05, 4.69) is 103 Å². The summed E-state index contributed by atoms with van der Waals surface area (Å²) in [5.74, 6) is 0.986. The molecule has 2 heteroatoms. The van der Waals surface area contributed by atoms with Crippen molar-refractivity contribution >= 4 is 21.8 Å². The second kappa shape index (κ2) is 6.10. The number of imidazole rings is 1. The van der Waals surface area contributed by atoms with E-state index in [1.165, 1.54) is 27.6 Å². The Labute approximate surface area is 158 Å². The van der Waals surface area contributed by atoms with Gasteiger partial charge in [0.15, 0.2) is 0 Å². The van der Waals surface area contributed by atoms with Gasteiger partial charge < -0.3 is 0 Å². The summed E-state index contributed by atoms with van der Waals surface area (Å²) in [5, 5.41) is 2.48. The maximum absolute atomic E-state index is 5.01. The van der Waals surface area contributed by atoms with Gasteiger partial charge in [0.05, 0.1) is 16.7 Å². The number of hydrogen-bond donors (Lipinski definition) is 0. The predicted molar refractivity (Wildman–Crippen MR) is 113 cm³/mol. The Bertz CT molecular complexity index is 1270. The van der Waals surface area contributed by atoms with Crippen molar-refractivity contribution in [3.8, 4) is 17.1 Å². The summed E-state index contributed by atoms with van der Waals surface area (Å²) in [7, 11) is 0. The summed E-state index contributed by atoms with van der Waals surface area (Å²) in [4.78, 5) is 5.01. The van der Waals surface area contributed by atoms with Crippen LogP contribution >= 0.6 is 0 Å². The van der Waals surface area contributed by atoms with E-state index in [-0.39, 0.29) is 0 Å². The minimum absolute atomic E-state index is 0.986. The van der Waals surface area contributed by atoms with E-state index in [0.29, 0.717) is 0 Å². The molecule has 5 aromatic rings. The van der Waals surface area contributed by atoms with E-state index in [0.717, 1.165) is 22.4 Å². The molecule has 0 bridgehead atoms. The fourth-order valence-electron chi connectivity index (χ4n) is 3.93. The van der Waals surface area contributed by atoms with Gasteiger partial charge in [-0.05, 0) is 53.9 Å². The van der Waals surface area contributed by atoms with Crippen LogP contribution in [0.1, 0.15) is 11.1 Å². The Kier molecular flexibility index (Phi) is 3.58. The topological polar surface area (TPSA) is 17.8 Å². The molecule has 5 rings (SSSR count). The zero-order chi connectivity index (χ0) is 18.4. The van der Waals surface area contributed by atoms with Crippen LogP contribution in [0, 0.1) is 13.8 Å². The lowest BCUT2D eigenvalue weighted by molar-refractivity contribution is 1.06. The maximum atomic E-state index is 5.01. The Morgan fingerprint density at radius 1 is 0.667 bits per heavy atom. The molecule has 2 nitrogen and oxygen atoms in total. The monoisotopic (exact) mass is 348 g/mol. The molecule has 1 heterocycles. The third-order valence-electron chi connectivity index (χ3n) is 5.23. The van der Waals surface area contributed by atoms with Crippen LogP contribution < -0.4 is 0 Å². The number of benzene rings is 4. The first-order valence-corrected chi connectivity index (χ1v) is 9.25. The first-order chi connectivity index (χ1) is 13.2. The molecule has 1 aromatic heterocycles. The van der Waals surface area contributed by atoms with Crippen LogP contribution in [-0.4, -0.2) is 9.55 Å². The van der Waals surface area contributed by atoms with E-state index in [1.54, 1.807) is 0 Å². The van der Waals surface area contributed by atoms with Gasteiger partial charge in [0.1, 0.15) is 5.82 Å². The number of hydrogen-bond acceptors (Lipinski definition) is 1. The van der Waals surface area contributed by atoms with Crippen molar-refractivity contribution in [3.05, 3.63) is 96.1 Å². The Hall–Kier alpha value is -3.39. The highest BCUT2D eigenvalue weighted by molar-refractivity contribution is 5.89. The van der Waals surface area contributed by atoms with Gasteiger partial charge >= 0.3 is 0 Å². The molecule has 0 aliphatic heterocycles. The molecule has 27 heavy (non-hydrogen) atoms. The largest absolute Gasteiger partial charge is 0.292 e. The van der Waals surface area contributed by atoms with Crippen LogP contribution in [0.25, 0.3) is 38.9 Å². The summed E-state index contributed by atoms with van der Waals surface area (Å²) >= 11 is 0. The zero-order valence-corrected chi connectivity index (χ0v) is 15.5. The number of nitrogens with zero attached hydrogens (tertiary/aromatic N) is 2. The minimum Gasteiger partial charge on any atom is -0.292 e. The van der Waals surface area contributed by atoms with Crippen LogP contribution in [0.3, 0.4) is 0 Å². The Morgan fingerprint density at radius 3 is 2.19 bits per heavy atom. The van der Waals surface area contributed by atoms with Gasteiger partial charge in [-0.15, -0.1) is 0 Å². The summed E-state index contributed by atoms with van der Waals surface area (Å²) in [6.07, 6.45) is 0. The third-order valence-corrected chi connectivity index (χ3v) is 5.23. The van der Waals surface area contributed by atoms with E-state index in [9.17, 15) is 0 Å². The molecule has 0 aliphatic rings. The van der Waals surface area contributed by atoms with Crippen LogP contribution in [0.15, 0.2) is 84.9 Å². The molecule has 0 N–H and O–H groups in total.